The van der Waals surface area contributed by atoms with Gasteiger partial charge in [-0.3, -0.25) is 9.59 Å². The van der Waals surface area contributed by atoms with E-state index in [9.17, 15) is 14.0 Å². The summed E-state index contributed by atoms with van der Waals surface area (Å²) in [7, 11) is 0. The number of H-pyrrole nitrogens is 1. The smallest absolute Gasteiger partial charge is 0.272 e. The van der Waals surface area contributed by atoms with Gasteiger partial charge in [0.05, 0.1) is 5.02 Å². The number of aromatic nitrogens is 1. The molecule has 0 aliphatic heterocycles. The number of carbonyl (C=O) groups is 1. The molecule has 2 aromatic rings. The maximum atomic E-state index is 12.9. The molecule has 2 rings (SSSR count). The molecular weight excluding hydrogens is 259 g/mol. The summed E-state index contributed by atoms with van der Waals surface area (Å²) < 4.78 is 12.9. The fraction of sp³-hybridized carbons (Fsp3) is 0. The van der Waals surface area contributed by atoms with Crippen molar-refractivity contribution in [3.63, 3.8) is 0 Å². The minimum atomic E-state index is -0.567. The van der Waals surface area contributed by atoms with Crippen LogP contribution in [0.4, 0.5) is 10.1 Å². The second-order valence-electron chi connectivity index (χ2n) is 3.52. The lowest BCUT2D eigenvalue weighted by atomic mass is 10.3. The largest absolute Gasteiger partial charge is 0.357 e. The lowest BCUT2D eigenvalue weighted by Gasteiger charge is -2.05. The Kier molecular flexibility index (Phi) is 3.43. The molecule has 0 bridgehead atoms. The molecule has 0 spiro atoms. The van der Waals surface area contributed by atoms with Crippen molar-refractivity contribution in [1.82, 2.24) is 4.98 Å². The van der Waals surface area contributed by atoms with Crippen LogP contribution in [0.5, 0.6) is 0 Å². The third-order valence-corrected chi connectivity index (χ3v) is 2.48. The number of anilines is 1. The Bertz CT molecular complexity index is 655. The molecule has 1 aromatic heterocycles. The molecule has 6 heteroatoms. The summed E-state index contributed by atoms with van der Waals surface area (Å²) in [6.45, 7) is 0. The van der Waals surface area contributed by atoms with E-state index in [2.05, 4.69) is 10.3 Å². The average Bonchev–Trinajstić information content (AvgIpc) is 2.34. The minimum absolute atomic E-state index is 0.0886. The van der Waals surface area contributed by atoms with Crippen molar-refractivity contribution in [2.45, 2.75) is 0 Å². The molecule has 0 aliphatic rings. The third kappa shape index (κ3) is 2.75. The molecule has 1 heterocycles. The van der Waals surface area contributed by atoms with Crippen molar-refractivity contribution in [3.05, 3.63) is 63.3 Å². The average molecular weight is 267 g/mol. The van der Waals surface area contributed by atoms with Crippen LogP contribution in [-0.4, -0.2) is 10.9 Å². The SMILES string of the molecule is O=C(Nc1ccc(F)c(Cl)c1)c1cc(=O)cc[nH]1. The molecule has 0 saturated heterocycles. The third-order valence-electron chi connectivity index (χ3n) is 2.20. The maximum Gasteiger partial charge on any atom is 0.272 e. The van der Waals surface area contributed by atoms with Crippen LogP contribution in [0.15, 0.2) is 41.3 Å². The van der Waals surface area contributed by atoms with Gasteiger partial charge in [0.1, 0.15) is 11.5 Å². The van der Waals surface area contributed by atoms with Crippen molar-refractivity contribution in [1.29, 1.82) is 0 Å². The van der Waals surface area contributed by atoms with Crippen LogP contribution < -0.4 is 10.7 Å². The molecule has 0 fully saturated rings. The Labute approximate surface area is 106 Å². The lowest BCUT2D eigenvalue weighted by Crippen LogP contribution is -2.16. The summed E-state index contributed by atoms with van der Waals surface area (Å²) in [5.41, 5.74) is 0.176. The Morgan fingerprint density at radius 3 is 2.72 bits per heavy atom. The monoisotopic (exact) mass is 266 g/mol. The molecule has 0 aliphatic carbocycles. The van der Waals surface area contributed by atoms with Crippen molar-refractivity contribution in [2.75, 3.05) is 5.32 Å². The first-order chi connectivity index (χ1) is 8.56. The first-order valence-electron chi connectivity index (χ1n) is 5.01. The number of aromatic amines is 1. The van der Waals surface area contributed by atoms with Crippen LogP contribution in [0.2, 0.25) is 5.02 Å². The van der Waals surface area contributed by atoms with Crippen LogP contribution >= 0.6 is 11.6 Å². The molecular formula is C12H8ClFN2O2. The summed E-state index contributed by atoms with van der Waals surface area (Å²) in [4.78, 5) is 25.5. The molecule has 18 heavy (non-hydrogen) atoms. The fourth-order valence-electron chi connectivity index (χ4n) is 1.35. The number of rotatable bonds is 2. The Morgan fingerprint density at radius 1 is 1.28 bits per heavy atom. The van der Waals surface area contributed by atoms with E-state index in [1.807, 2.05) is 0 Å². The van der Waals surface area contributed by atoms with E-state index in [1.54, 1.807) is 0 Å². The number of carbonyl (C=O) groups excluding carboxylic acids is 1. The summed E-state index contributed by atoms with van der Waals surface area (Å²) in [6, 6.07) is 6.27. The van der Waals surface area contributed by atoms with Gasteiger partial charge in [-0.1, -0.05) is 11.6 Å². The fourth-order valence-corrected chi connectivity index (χ4v) is 1.53. The van der Waals surface area contributed by atoms with Crippen molar-refractivity contribution < 1.29 is 9.18 Å². The molecule has 0 atom stereocenters. The maximum absolute atomic E-state index is 12.9. The van der Waals surface area contributed by atoms with Crippen molar-refractivity contribution in [3.8, 4) is 0 Å². The van der Waals surface area contributed by atoms with Gasteiger partial charge in [-0.2, -0.15) is 0 Å². The van der Waals surface area contributed by atoms with Crippen LogP contribution in [0, 0.1) is 5.82 Å². The summed E-state index contributed by atoms with van der Waals surface area (Å²) >= 11 is 5.58. The number of hydrogen-bond donors (Lipinski definition) is 2. The van der Waals surface area contributed by atoms with Crippen LogP contribution in [0.3, 0.4) is 0 Å². The van der Waals surface area contributed by atoms with Gasteiger partial charge in [-0.15, -0.1) is 0 Å². The van der Waals surface area contributed by atoms with Gasteiger partial charge >= 0.3 is 0 Å². The second-order valence-corrected chi connectivity index (χ2v) is 3.93. The van der Waals surface area contributed by atoms with E-state index < -0.39 is 11.7 Å². The Balaban J connectivity index is 2.21. The van der Waals surface area contributed by atoms with Gasteiger partial charge in [0.2, 0.25) is 0 Å². The summed E-state index contributed by atoms with van der Waals surface area (Å²) in [5, 5.41) is 2.40. The van der Waals surface area contributed by atoms with Crippen molar-refractivity contribution in [2.24, 2.45) is 0 Å². The zero-order valence-corrected chi connectivity index (χ0v) is 9.79. The highest BCUT2D eigenvalue weighted by atomic mass is 35.5. The van der Waals surface area contributed by atoms with Gasteiger partial charge in [-0.25, -0.2) is 4.39 Å². The normalized spacial score (nSPS) is 10.1. The van der Waals surface area contributed by atoms with E-state index >= 15 is 0 Å². The molecule has 2 N–H and O–H groups in total. The van der Waals surface area contributed by atoms with Gasteiger partial charge in [0.25, 0.3) is 5.91 Å². The van der Waals surface area contributed by atoms with E-state index in [0.717, 1.165) is 6.07 Å². The quantitative estimate of drug-likeness (QED) is 0.877. The summed E-state index contributed by atoms with van der Waals surface area (Å²) in [5.74, 6) is -1.07. The zero-order valence-electron chi connectivity index (χ0n) is 9.04. The lowest BCUT2D eigenvalue weighted by molar-refractivity contribution is 0.102. The van der Waals surface area contributed by atoms with Gasteiger partial charge < -0.3 is 10.3 Å². The highest BCUT2D eigenvalue weighted by Crippen LogP contribution is 2.19. The van der Waals surface area contributed by atoms with Gasteiger partial charge in [-0.05, 0) is 18.2 Å². The molecule has 0 saturated carbocycles. The van der Waals surface area contributed by atoms with Crippen LogP contribution in [0.25, 0.3) is 0 Å². The van der Waals surface area contributed by atoms with Gasteiger partial charge in [0, 0.05) is 24.0 Å². The molecule has 4 nitrogen and oxygen atoms in total. The molecule has 1 amide bonds. The summed E-state index contributed by atoms with van der Waals surface area (Å²) in [6.07, 6.45) is 1.37. The van der Waals surface area contributed by atoms with E-state index in [1.165, 1.54) is 30.5 Å². The predicted octanol–water partition coefficient (Wildman–Crippen LogP) is 2.42. The van der Waals surface area contributed by atoms with Gasteiger partial charge in [0.15, 0.2) is 5.43 Å². The highest BCUT2D eigenvalue weighted by molar-refractivity contribution is 6.31. The zero-order chi connectivity index (χ0) is 13.1. The number of pyridine rings is 1. The van der Waals surface area contributed by atoms with Crippen LogP contribution in [-0.2, 0) is 0 Å². The highest BCUT2D eigenvalue weighted by Gasteiger charge is 2.08. The van der Waals surface area contributed by atoms with Crippen molar-refractivity contribution >= 4 is 23.2 Å². The molecule has 0 unspecified atom stereocenters. The Morgan fingerprint density at radius 2 is 2.06 bits per heavy atom. The number of amides is 1. The molecule has 1 aromatic carbocycles. The topological polar surface area (TPSA) is 62.0 Å². The molecule has 0 radical (unpaired) electrons. The number of halogens is 2. The number of benzene rings is 1. The first-order valence-corrected chi connectivity index (χ1v) is 5.39. The Hall–Kier alpha value is -2.14. The number of hydrogen-bond acceptors (Lipinski definition) is 2. The van der Waals surface area contributed by atoms with E-state index in [0.29, 0.717) is 5.69 Å². The number of nitrogens with one attached hydrogen (secondary N) is 2. The standard InChI is InChI=1S/C12H8ClFN2O2/c13-9-5-7(1-2-10(9)14)16-12(18)11-6-8(17)3-4-15-11/h1-6H,(H,15,17)(H,16,18). The minimum Gasteiger partial charge on any atom is -0.357 e. The molecule has 92 valence electrons. The van der Waals surface area contributed by atoms with Crippen LogP contribution in [0.1, 0.15) is 10.5 Å². The van der Waals surface area contributed by atoms with E-state index in [-0.39, 0.29) is 16.1 Å². The second kappa shape index (κ2) is 5.01. The predicted molar refractivity (Wildman–Crippen MR) is 66.4 cm³/mol. The first kappa shape index (κ1) is 12.3. The van der Waals surface area contributed by atoms with E-state index in [4.69, 9.17) is 11.6 Å².